The van der Waals surface area contributed by atoms with Crippen molar-refractivity contribution in [1.82, 2.24) is 0 Å². The monoisotopic (exact) mass is 249 g/mol. The van der Waals surface area contributed by atoms with Crippen LogP contribution in [0.5, 0.6) is 0 Å². The number of benzene rings is 1. The van der Waals surface area contributed by atoms with E-state index in [0.717, 1.165) is 38.2 Å². The molecule has 3 heteroatoms. The van der Waals surface area contributed by atoms with Gasteiger partial charge < -0.3 is 14.7 Å². The number of rotatable bonds is 4. The summed E-state index contributed by atoms with van der Waals surface area (Å²) < 4.78 is 5.55. The molecule has 1 fully saturated rings. The zero-order chi connectivity index (χ0) is 13.0. The standard InChI is InChI=1S/C15H23NO2/c1-3-12-11-18-10-9-16(12)14-8-6-5-7-13(14)15(17)4-2/h5-8,12,15,17H,3-4,9-11H2,1-2H3. The van der Waals surface area contributed by atoms with Crippen molar-refractivity contribution >= 4 is 5.69 Å². The number of morpholine rings is 1. The van der Waals surface area contributed by atoms with Gasteiger partial charge in [-0.2, -0.15) is 0 Å². The number of para-hydroxylation sites is 1. The van der Waals surface area contributed by atoms with Crippen molar-refractivity contribution in [3.63, 3.8) is 0 Å². The molecule has 2 unspecified atom stereocenters. The maximum atomic E-state index is 10.1. The normalized spacial score (nSPS) is 21.9. The van der Waals surface area contributed by atoms with E-state index >= 15 is 0 Å². The quantitative estimate of drug-likeness (QED) is 0.890. The van der Waals surface area contributed by atoms with E-state index in [4.69, 9.17) is 4.74 Å². The molecule has 2 atom stereocenters. The zero-order valence-corrected chi connectivity index (χ0v) is 11.3. The third-order valence-corrected chi connectivity index (χ3v) is 3.69. The van der Waals surface area contributed by atoms with Gasteiger partial charge in [0, 0.05) is 17.8 Å². The van der Waals surface area contributed by atoms with E-state index in [2.05, 4.69) is 17.9 Å². The minimum absolute atomic E-state index is 0.374. The Hall–Kier alpha value is -1.06. The molecule has 1 aliphatic heterocycles. The molecule has 1 N–H and O–H groups in total. The van der Waals surface area contributed by atoms with Gasteiger partial charge in [-0.25, -0.2) is 0 Å². The van der Waals surface area contributed by atoms with Crippen LogP contribution in [0.3, 0.4) is 0 Å². The number of aliphatic hydroxyl groups excluding tert-OH is 1. The average molecular weight is 249 g/mol. The topological polar surface area (TPSA) is 32.7 Å². The molecule has 0 saturated carbocycles. The summed E-state index contributed by atoms with van der Waals surface area (Å²) in [5.74, 6) is 0. The van der Waals surface area contributed by atoms with E-state index in [1.54, 1.807) is 0 Å². The summed E-state index contributed by atoms with van der Waals surface area (Å²) in [7, 11) is 0. The molecule has 18 heavy (non-hydrogen) atoms. The highest BCUT2D eigenvalue weighted by atomic mass is 16.5. The van der Waals surface area contributed by atoms with Gasteiger partial charge >= 0.3 is 0 Å². The summed E-state index contributed by atoms with van der Waals surface area (Å²) in [5.41, 5.74) is 2.21. The fourth-order valence-electron chi connectivity index (χ4n) is 2.56. The van der Waals surface area contributed by atoms with Crippen molar-refractivity contribution in [3.05, 3.63) is 29.8 Å². The molecule has 0 bridgehead atoms. The molecular formula is C15H23NO2. The summed E-state index contributed by atoms with van der Waals surface area (Å²) >= 11 is 0. The third-order valence-electron chi connectivity index (χ3n) is 3.69. The Kier molecular flexibility index (Phi) is 4.61. The first-order chi connectivity index (χ1) is 8.77. The molecule has 0 spiro atoms. The van der Waals surface area contributed by atoms with Gasteiger partial charge in [-0.05, 0) is 18.9 Å². The lowest BCUT2D eigenvalue weighted by atomic mass is 10.0. The number of anilines is 1. The Bertz CT molecular complexity index is 381. The van der Waals surface area contributed by atoms with Gasteiger partial charge in [-0.3, -0.25) is 0 Å². The SMILES string of the molecule is CCC(O)c1ccccc1N1CCOCC1CC. The van der Waals surface area contributed by atoms with Gasteiger partial charge in [-0.15, -0.1) is 0 Å². The first-order valence-corrected chi connectivity index (χ1v) is 6.89. The van der Waals surface area contributed by atoms with E-state index in [1.165, 1.54) is 5.69 Å². The second-order valence-corrected chi connectivity index (χ2v) is 4.81. The van der Waals surface area contributed by atoms with Crippen molar-refractivity contribution in [2.75, 3.05) is 24.7 Å². The second-order valence-electron chi connectivity index (χ2n) is 4.81. The Morgan fingerprint density at radius 2 is 2.17 bits per heavy atom. The van der Waals surface area contributed by atoms with E-state index in [-0.39, 0.29) is 6.10 Å². The van der Waals surface area contributed by atoms with Gasteiger partial charge in [0.1, 0.15) is 0 Å². The van der Waals surface area contributed by atoms with Crippen molar-refractivity contribution in [1.29, 1.82) is 0 Å². The van der Waals surface area contributed by atoms with Crippen molar-refractivity contribution < 1.29 is 9.84 Å². The summed E-state index contributed by atoms with van der Waals surface area (Å²) in [6.45, 7) is 6.66. The van der Waals surface area contributed by atoms with Crippen LogP contribution in [0.25, 0.3) is 0 Å². The number of aliphatic hydroxyl groups is 1. The molecule has 1 aromatic carbocycles. The van der Waals surface area contributed by atoms with Gasteiger partial charge in [0.05, 0.1) is 25.4 Å². The van der Waals surface area contributed by atoms with Gasteiger partial charge in [0.2, 0.25) is 0 Å². The number of nitrogens with zero attached hydrogens (tertiary/aromatic N) is 1. The van der Waals surface area contributed by atoms with Gasteiger partial charge in [0.15, 0.2) is 0 Å². The fraction of sp³-hybridized carbons (Fsp3) is 0.600. The molecular weight excluding hydrogens is 226 g/mol. The zero-order valence-electron chi connectivity index (χ0n) is 11.3. The van der Waals surface area contributed by atoms with Crippen LogP contribution >= 0.6 is 0 Å². The molecule has 0 radical (unpaired) electrons. The largest absolute Gasteiger partial charge is 0.388 e. The Labute approximate surface area is 109 Å². The van der Waals surface area contributed by atoms with E-state index in [1.807, 2.05) is 25.1 Å². The summed E-state index contributed by atoms with van der Waals surface area (Å²) in [5, 5.41) is 10.1. The summed E-state index contributed by atoms with van der Waals surface area (Å²) in [6, 6.07) is 8.61. The van der Waals surface area contributed by atoms with Crippen LogP contribution in [0.1, 0.15) is 38.4 Å². The number of hydrogen-bond donors (Lipinski definition) is 1. The third kappa shape index (κ3) is 2.68. The van der Waals surface area contributed by atoms with Crippen LogP contribution < -0.4 is 4.90 Å². The Morgan fingerprint density at radius 3 is 2.89 bits per heavy atom. The minimum Gasteiger partial charge on any atom is -0.388 e. The van der Waals surface area contributed by atoms with Crippen molar-refractivity contribution in [3.8, 4) is 0 Å². The molecule has 2 rings (SSSR count). The molecule has 0 aliphatic carbocycles. The highest BCUT2D eigenvalue weighted by molar-refractivity contribution is 5.55. The number of ether oxygens (including phenoxy) is 1. The molecule has 0 aromatic heterocycles. The fourth-order valence-corrected chi connectivity index (χ4v) is 2.56. The maximum absolute atomic E-state index is 10.1. The lowest BCUT2D eigenvalue weighted by Gasteiger charge is -2.38. The van der Waals surface area contributed by atoms with Crippen LogP contribution in [0.15, 0.2) is 24.3 Å². The van der Waals surface area contributed by atoms with Gasteiger partial charge in [0.25, 0.3) is 0 Å². The van der Waals surface area contributed by atoms with E-state index in [0.29, 0.717) is 6.04 Å². The first kappa shape index (κ1) is 13.4. The molecule has 0 amide bonds. The van der Waals surface area contributed by atoms with Crippen LogP contribution in [-0.2, 0) is 4.74 Å². The molecule has 1 saturated heterocycles. The predicted octanol–water partition coefficient (Wildman–Crippen LogP) is 2.75. The first-order valence-electron chi connectivity index (χ1n) is 6.89. The predicted molar refractivity (Wildman–Crippen MR) is 73.9 cm³/mol. The summed E-state index contributed by atoms with van der Waals surface area (Å²) in [4.78, 5) is 2.39. The lowest BCUT2D eigenvalue weighted by Crippen LogP contribution is -2.45. The molecule has 3 nitrogen and oxygen atoms in total. The highest BCUT2D eigenvalue weighted by Gasteiger charge is 2.24. The minimum atomic E-state index is -0.374. The molecule has 1 aliphatic rings. The van der Waals surface area contributed by atoms with Crippen LogP contribution in [0.4, 0.5) is 5.69 Å². The second kappa shape index (κ2) is 6.21. The summed E-state index contributed by atoms with van der Waals surface area (Å²) in [6.07, 6.45) is 1.44. The Morgan fingerprint density at radius 1 is 1.39 bits per heavy atom. The average Bonchev–Trinajstić information content (AvgIpc) is 2.46. The highest BCUT2D eigenvalue weighted by Crippen LogP contribution is 2.30. The smallest absolute Gasteiger partial charge is 0.0807 e. The van der Waals surface area contributed by atoms with Crippen LogP contribution in [0.2, 0.25) is 0 Å². The van der Waals surface area contributed by atoms with E-state index in [9.17, 15) is 5.11 Å². The Balaban J connectivity index is 2.30. The molecule has 1 heterocycles. The van der Waals surface area contributed by atoms with E-state index < -0.39 is 0 Å². The van der Waals surface area contributed by atoms with Crippen LogP contribution in [-0.4, -0.2) is 30.9 Å². The maximum Gasteiger partial charge on any atom is 0.0807 e. The van der Waals surface area contributed by atoms with Crippen molar-refractivity contribution in [2.24, 2.45) is 0 Å². The lowest BCUT2D eigenvalue weighted by molar-refractivity contribution is 0.0923. The molecule has 1 aromatic rings. The van der Waals surface area contributed by atoms with Crippen LogP contribution in [0, 0.1) is 0 Å². The molecule has 100 valence electrons. The number of hydrogen-bond acceptors (Lipinski definition) is 3. The van der Waals surface area contributed by atoms with Crippen molar-refractivity contribution in [2.45, 2.75) is 38.8 Å². The van der Waals surface area contributed by atoms with Gasteiger partial charge in [-0.1, -0.05) is 32.0 Å².